The minimum absolute atomic E-state index is 0.273. The van der Waals surface area contributed by atoms with Gasteiger partial charge < -0.3 is 9.72 Å². The molecule has 3 aromatic rings. The van der Waals surface area contributed by atoms with Gasteiger partial charge in [0.1, 0.15) is 7.05 Å². The van der Waals surface area contributed by atoms with Crippen molar-refractivity contribution >= 4 is 29.0 Å². The molecule has 0 aliphatic heterocycles. The minimum Gasteiger partial charge on any atom is -0.462 e. The maximum absolute atomic E-state index is 12.1. The highest BCUT2D eigenvalue weighted by molar-refractivity contribution is 5.94. The van der Waals surface area contributed by atoms with E-state index >= 15 is 0 Å². The fraction of sp³-hybridized carbons (Fsp3) is 0.273. The molecule has 0 unspecified atom stereocenters. The van der Waals surface area contributed by atoms with Gasteiger partial charge in [-0.1, -0.05) is 11.6 Å². The van der Waals surface area contributed by atoms with Crippen LogP contribution in [0.5, 0.6) is 0 Å². The van der Waals surface area contributed by atoms with Gasteiger partial charge in [0.2, 0.25) is 11.2 Å². The summed E-state index contributed by atoms with van der Waals surface area (Å²) in [6.07, 6.45) is 4.08. The van der Waals surface area contributed by atoms with E-state index < -0.39 is 0 Å². The lowest BCUT2D eigenvalue weighted by atomic mass is 10.1. The zero-order valence-corrected chi connectivity index (χ0v) is 16.0. The molecule has 0 radical (unpaired) electrons. The zero-order chi connectivity index (χ0) is 18.8. The number of carbonyl (C=O) groups excluding carboxylic acids is 1. The summed E-state index contributed by atoms with van der Waals surface area (Å²) in [5, 5.41) is 1.22. The SMILES string of the molecule is CCOC(=O)c1c(C)[nH]c(/C=C/c2ccc3cc(C)ccc3[n+]2C)c1C. The quantitative estimate of drug-likeness (QED) is 0.565. The molecule has 1 aromatic carbocycles. The van der Waals surface area contributed by atoms with E-state index in [0.29, 0.717) is 12.2 Å². The first-order chi connectivity index (χ1) is 12.4. The van der Waals surface area contributed by atoms with Gasteiger partial charge >= 0.3 is 5.97 Å². The number of H-pyrrole nitrogens is 1. The van der Waals surface area contributed by atoms with E-state index in [1.54, 1.807) is 0 Å². The Morgan fingerprint density at radius 3 is 2.65 bits per heavy atom. The molecule has 2 aromatic heterocycles. The highest BCUT2D eigenvalue weighted by Crippen LogP contribution is 2.21. The van der Waals surface area contributed by atoms with Gasteiger partial charge in [-0.15, -0.1) is 0 Å². The number of aromatic nitrogens is 2. The predicted molar refractivity (Wildman–Crippen MR) is 105 cm³/mol. The van der Waals surface area contributed by atoms with Crippen molar-refractivity contribution in [2.24, 2.45) is 7.05 Å². The molecule has 0 aliphatic rings. The van der Waals surface area contributed by atoms with Crippen molar-refractivity contribution in [1.29, 1.82) is 0 Å². The summed E-state index contributed by atoms with van der Waals surface area (Å²) < 4.78 is 7.32. The fourth-order valence-electron chi connectivity index (χ4n) is 3.33. The third-order valence-corrected chi connectivity index (χ3v) is 4.74. The van der Waals surface area contributed by atoms with Gasteiger partial charge in [0.25, 0.3) is 0 Å². The first kappa shape index (κ1) is 17.9. The molecule has 0 atom stereocenters. The smallest absolute Gasteiger partial charge is 0.340 e. The van der Waals surface area contributed by atoms with Gasteiger partial charge in [-0.3, -0.25) is 0 Å². The van der Waals surface area contributed by atoms with Crippen molar-refractivity contribution in [3.63, 3.8) is 0 Å². The molecule has 0 bridgehead atoms. The molecule has 0 saturated heterocycles. The number of hydrogen-bond donors (Lipinski definition) is 1. The molecular weight excluding hydrogens is 324 g/mol. The molecule has 26 heavy (non-hydrogen) atoms. The maximum atomic E-state index is 12.1. The predicted octanol–water partition coefficient (Wildman–Crippen LogP) is 4.26. The van der Waals surface area contributed by atoms with Crippen LogP contribution < -0.4 is 4.57 Å². The van der Waals surface area contributed by atoms with E-state index in [9.17, 15) is 4.79 Å². The molecular formula is C22H25N2O2+. The summed E-state index contributed by atoms with van der Waals surface area (Å²) >= 11 is 0. The van der Waals surface area contributed by atoms with Crippen molar-refractivity contribution < 1.29 is 14.1 Å². The normalized spacial score (nSPS) is 11.4. The molecule has 4 nitrogen and oxygen atoms in total. The van der Waals surface area contributed by atoms with Crippen molar-refractivity contribution in [3.05, 3.63) is 64.1 Å². The van der Waals surface area contributed by atoms with Gasteiger partial charge in [-0.25, -0.2) is 4.79 Å². The lowest BCUT2D eigenvalue weighted by Crippen LogP contribution is -2.32. The Bertz CT molecular complexity index is 1010. The van der Waals surface area contributed by atoms with Crippen LogP contribution in [0.3, 0.4) is 0 Å². The largest absolute Gasteiger partial charge is 0.462 e. The van der Waals surface area contributed by atoms with Crippen LogP contribution in [0, 0.1) is 20.8 Å². The maximum Gasteiger partial charge on any atom is 0.340 e. The Balaban J connectivity index is 1.97. The number of esters is 1. The second-order valence-electron chi connectivity index (χ2n) is 6.60. The van der Waals surface area contributed by atoms with Crippen LogP contribution in [-0.2, 0) is 11.8 Å². The molecule has 0 fully saturated rings. The summed E-state index contributed by atoms with van der Waals surface area (Å²) in [6, 6.07) is 10.7. The molecule has 134 valence electrons. The fourth-order valence-corrected chi connectivity index (χ4v) is 3.33. The van der Waals surface area contributed by atoms with Gasteiger partial charge in [0, 0.05) is 35.0 Å². The summed E-state index contributed by atoms with van der Waals surface area (Å²) in [4.78, 5) is 15.4. The number of ether oxygens (including phenoxy) is 1. The Kier molecular flexibility index (Phi) is 4.94. The Hall–Kier alpha value is -2.88. The second kappa shape index (κ2) is 7.16. The first-order valence-electron chi connectivity index (χ1n) is 8.86. The van der Waals surface area contributed by atoms with Crippen LogP contribution in [0.4, 0.5) is 0 Å². The Morgan fingerprint density at radius 1 is 1.15 bits per heavy atom. The topological polar surface area (TPSA) is 46.0 Å². The molecule has 2 heterocycles. The number of hydrogen-bond acceptors (Lipinski definition) is 2. The van der Waals surface area contributed by atoms with Crippen LogP contribution >= 0.6 is 0 Å². The summed E-state index contributed by atoms with van der Waals surface area (Å²) in [5.41, 5.74) is 6.83. The summed E-state index contributed by atoms with van der Waals surface area (Å²) in [5.74, 6) is -0.273. The Morgan fingerprint density at radius 2 is 1.92 bits per heavy atom. The van der Waals surface area contributed by atoms with Gasteiger partial charge in [-0.05, 0) is 51.5 Å². The molecule has 0 amide bonds. The Labute approximate surface area is 154 Å². The number of nitrogens with one attached hydrogen (secondary N) is 1. The van der Waals surface area contributed by atoms with E-state index in [-0.39, 0.29) is 5.97 Å². The van der Waals surface area contributed by atoms with E-state index in [1.807, 2.05) is 26.8 Å². The number of aryl methyl sites for hydroxylation is 3. The minimum atomic E-state index is -0.273. The number of carbonyl (C=O) groups is 1. The third kappa shape index (κ3) is 3.27. The van der Waals surface area contributed by atoms with Crippen LogP contribution in [0.15, 0.2) is 30.3 Å². The molecule has 3 rings (SSSR count). The monoisotopic (exact) mass is 349 g/mol. The average Bonchev–Trinajstić information content (AvgIpc) is 2.88. The van der Waals surface area contributed by atoms with Gasteiger partial charge in [0.15, 0.2) is 0 Å². The lowest BCUT2D eigenvalue weighted by molar-refractivity contribution is -0.646. The number of pyridine rings is 1. The zero-order valence-electron chi connectivity index (χ0n) is 16.0. The van der Waals surface area contributed by atoms with Crippen molar-refractivity contribution in [2.45, 2.75) is 27.7 Å². The highest BCUT2D eigenvalue weighted by Gasteiger charge is 2.18. The summed E-state index contributed by atoms with van der Waals surface area (Å²) in [6.45, 7) is 8.13. The van der Waals surface area contributed by atoms with Crippen LogP contribution in [0.1, 0.15) is 45.5 Å². The molecule has 0 saturated carbocycles. The van der Waals surface area contributed by atoms with Crippen molar-refractivity contribution in [1.82, 2.24) is 4.98 Å². The number of benzene rings is 1. The number of nitrogens with zero attached hydrogens (tertiary/aromatic N) is 1. The highest BCUT2D eigenvalue weighted by atomic mass is 16.5. The van der Waals surface area contributed by atoms with E-state index in [1.165, 1.54) is 16.5 Å². The van der Waals surface area contributed by atoms with Crippen molar-refractivity contribution in [2.75, 3.05) is 6.61 Å². The average molecular weight is 349 g/mol. The molecule has 0 aliphatic carbocycles. The van der Waals surface area contributed by atoms with Crippen LogP contribution in [0.25, 0.3) is 23.1 Å². The molecule has 4 heteroatoms. The first-order valence-corrected chi connectivity index (χ1v) is 8.86. The van der Waals surface area contributed by atoms with Crippen molar-refractivity contribution in [3.8, 4) is 0 Å². The molecule has 0 spiro atoms. The van der Waals surface area contributed by atoms with Gasteiger partial charge in [-0.2, -0.15) is 4.57 Å². The second-order valence-corrected chi connectivity index (χ2v) is 6.60. The summed E-state index contributed by atoms with van der Waals surface area (Å²) in [7, 11) is 2.06. The lowest BCUT2D eigenvalue weighted by Gasteiger charge is -2.02. The number of aromatic amines is 1. The number of fused-ring (bicyclic) bond motifs is 1. The third-order valence-electron chi connectivity index (χ3n) is 4.74. The van der Waals surface area contributed by atoms with E-state index in [4.69, 9.17) is 4.74 Å². The van der Waals surface area contributed by atoms with Crippen LogP contribution in [0.2, 0.25) is 0 Å². The number of rotatable bonds is 4. The standard InChI is InChI=1S/C22H24N2O2/c1-6-26-22(25)21-15(3)19(23-16(21)4)11-10-18-9-8-17-13-14(2)7-12-20(17)24(18)5/h7-13H,6H2,1-5H3/p+1. The van der Waals surface area contributed by atoms with E-state index in [0.717, 1.165) is 22.6 Å². The van der Waals surface area contributed by atoms with Gasteiger partial charge in [0.05, 0.1) is 12.2 Å². The molecule has 1 N–H and O–H groups in total. The van der Waals surface area contributed by atoms with Crippen LogP contribution in [-0.4, -0.2) is 17.6 Å². The van der Waals surface area contributed by atoms with E-state index in [2.05, 4.69) is 59.9 Å².